The van der Waals surface area contributed by atoms with Crippen LogP contribution >= 0.6 is 0 Å². The van der Waals surface area contributed by atoms with E-state index >= 15 is 0 Å². The second-order valence-corrected chi connectivity index (χ2v) is 11.3. The van der Waals surface area contributed by atoms with Gasteiger partial charge in [0.05, 0.1) is 0 Å². The molecule has 4 heteroatoms. The predicted molar refractivity (Wildman–Crippen MR) is 192 cm³/mol. The number of fused-ring (bicyclic) bond motifs is 3. The molecule has 0 amide bonds. The normalized spacial score (nSPS) is 11.6. The molecule has 0 radical (unpaired) electrons. The number of rotatable bonds is 7. The van der Waals surface area contributed by atoms with Crippen LogP contribution in [0.2, 0.25) is 0 Å². The van der Waals surface area contributed by atoms with Crippen LogP contribution in [0.4, 0.5) is 0 Å². The summed E-state index contributed by atoms with van der Waals surface area (Å²) in [5.74, 6) is 1.70. The van der Waals surface area contributed by atoms with Crippen molar-refractivity contribution in [3.8, 4) is 45.0 Å². The Hall–Kier alpha value is -6.00. The molecule has 4 nitrogen and oxygen atoms in total. The van der Waals surface area contributed by atoms with Gasteiger partial charge in [0, 0.05) is 33.7 Å². The SMILES string of the molecule is C=C/C=C(\C=C)c1nc(-c2ccccc2)nc(-c2cc(-c3ccc(C)nc3C)cc(-c3cc4ccccc4c4ccccc34)c2)n1. The van der Waals surface area contributed by atoms with Crippen LogP contribution in [0.25, 0.3) is 72.1 Å². The van der Waals surface area contributed by atoms with Crippen LogP contribution in [0.5, 0.6) is 0 Å². The first kappa shape index (κ1) is 28.8. The number of pyridine rings is 1. The Morgan fingerprint density at radius 1 is 0.543 bits per heavy atom. The van der Waals surface area contributed by atoms with Gasteiger partial charge in [-0.3, -0.25) is 4.98 Å². The lowest BCUT2D eigenvalue weighted by atomic mass is 9.90. The molecule has 7 rings (SSSR count). The first-order valence-electron chi connectivity index (χ1n) is 15.3. The van der Waals surface area contributed by atoms with Gasteiger partial charge in [-0.15, -0.1) is 0 Å². The highest BCUT2D eigenvalue weighted by atomic mass is 15.0. The maximum absolute atomic E-state index is 5.04. The number of benzene rings is 5. The summed E-state index contributed by atoms with van der Waals surface area (Å²) in [5, 5.41) is 4.83. The molecule has 0 saturated carbocycles. The summed E-state index contributed by atoms with van der Waals surface area (Å²) < 4.78 is 0. The molecular weight excluding hydrogens is 560 g/mol. The molecule has 0 fully saturated rings. The molecule has 7 aromatic rings. The van der Waals surface area contributed by atoms with Gasteiger partial charge in [-0.1, -0.05) is 116 Å². The zero-order valence-electron chi connectivity index (χ0n) is 25.9. The molecule has 5 aromatic carbocycles. The minimum absolute atomic E-state index is 0.537. The molecule has 220 valence electrons. The van der Waals surface area contributed by atoms with Crippen molar-refractivity contribution < 1.29 is 0 Å². The van der Waals surface area contributed by atoms with Gasteiger partial charge in [0.1, 0.15) is 0 Å². The van der Waals surface area contributed by atoms with Crippen LogP contribution in [0, 0.1) is 13.8 Å². The molecule has 0 unspecified atom stereocenters. The van der Waals surface area contributed by atoms with Crippen molar-refractivity contribution in [2.75, 3.05) is 0 Å². The summed E-state index contributed by atoms with van der Waals surface area (Å²) in [6.45, 7) is 12.0. The first-order valence-corrected chi connectivity index (χ1v) is 15.3. The van der Waals surface area contributed by atoms with Gasteiger partial charge in [0.2, 0.25) is 0 Å². The fourth-order valence-corrected chi connectivity index (χ4v) is 6.06. The number of nitrogens with zero attached hydrogens (tertiary/aromatic N) is 4. The van der Waals surface area contributed by atoms with Crippen molar-refractivity contribution >= 4 is 27.1 Å². The van der Waals surface area contributed by atoms with E-state index in [-0.39, 0.29) is 0 Å². The summed E-state index contributed by atoms with van der Waals surface area (Å²) in [6.07, 6.45) is 5.34. The minimum atomic E-state index is 0.537. The molecule has 0 aliphatic heterocycles. The van der Waals surface area contributed by atoms with E-state index in [2.05, 4.69) is 105 Å². The van der Waals surface area contributed by atoms with Crippen molar-refractivity contribution in [1.29, 1.82) is 0 Å². The van der Waals surface area contributed by atoms with E-state index < -0.39 is 0 Å². The summed E-state index contributed by atoms with van der Waals surface area (Å²) in [5.41, 5.74) is 8.84. The average molecular weight is 593 g/mol. The highest BCUT2D eigenvalue weighted by molar-refractivity contribution is 6.14. The summed E-state index contributed by atoms with van der Waals surface area (Å²) in [6, 6.07) is 40.3. The molecule has 2 aromatic heterocycles. The standard InChI is InChI=1S/C42H32N4/c1-5-14-29(6-2)40-44-41(30-15-8-7-9-16-30)46-42(45-40)34-24-32(35-22-21-27(3)43-28(35)4)23-33(25-34)39-26-31-17-10-11-18-36(31)37-19-12-13-20-38(37)39/h5-26H,1-2H2,3-4H3/b29-14+. The number of hydrogen-bond donors (Lipinski definition) is 0. The van der Waals surface area contributed by atoms with Gasteiger partial charge >= 0.3 is 0 Å². The van der Waals surface area contributed by atoms with Crippen LogP contribution in [0.15, 0.2) is 147 Å². The van der Waals surface area contributed by atoms with Gasteiger partial charge in [-0.25, -0.2) is 15.0 Å². The number of aryl methyl sites for hydroxylation is 2. The largest absolute Gasteiger partial charge is 0.258 e. The quantitative estimate of drug-likeness (QED) is 0.136. The Labute approximate surface area is 269 Å². The minimum Gasteiger partial charge on any atom is -0.258 e. The van der Waals surface area contributed by atoms with Gasteiger partial charge < -0.3 is 0 Å². The highest BCUT2D eigenvalue weighted by Crippen LogP contribution is 2.39. The van der Waals surface area contributed by atoms with Crippen molar-refractivity contribution in [2.24, 2.45) is 0 Å². The van der Waals surface area contributed by atoms with Crippen molar-refractivity contribution in [3.05, 3.63) is 164 Å². The van der Waals surface area contributed by atoms with Crippen LogP contribution in [0.1, 0.15) is 17.2 Å². The second kappa shape index (κ2) is 12.2. The molecule has 0 aliphatic carbocycles. The van der Waals surface area contributed by atoms with Gasteiger partial charge in [0.25, 0.3) is 0 Å². The lowest BCUT2D eigenvalue weighted by Gasteiger charge is -2.16. The van der Waals surface area contributed by atoms with E-state index in [1.807, 2.05) is 43.3 Å². The van der Waals surface area contributed by atoms with Crippen molar-refractivity contribution in [2.45, 2.75) is 13.8 Å². The van der Waals surface area contributed by atoms with Crippen molar-refractivity contribution in [3.63, 3.8) is 0 Å². The summed E-state index contributed by atoms with van der Waals surface area (Å²) >= 11 is 0. The van der Waals surface area contributed by atoms with Gasteiger partial charge in [-0.05, 0) is 82.4 Å². The molecule has 0 aliphatic rings. The smallest absolute Gasteiger partial charge is 0.164 e. The Kier molecular flexibility index (Phi) is 7.61. The Balaban J connectivity index is 1.54. The molecule has 0 bridgehead atoms. The molecular formula is C42H32N4. The first-order chi connectivity index (χ1) is 22.5. The maximum atomic E-state index is 5.04. The molecule has 0 atom stereocenters. The number of hydrogen-bond acceptors (Lipinski definition) is 4. The van der Waals surface area contributed by atoms with E-state index in [0.29, 0.717) is 17.5 Å². The van der Waals surface area contributed by atoms with Crippen molar-refractivity contribution in [1.82, 2.24) is 19.9 Å². The summed E-state index contributed by atoms with van der Waals surface area (Å²) in [4.78, 5) is 19.7. The number of aromatic nitrogens is 4. The van der Waals surface area contributed by atoms with E-state index in [1.165, 1.54) is 21.5 Å². The van der Waals surface area contributed by atoms with E-state index in [1.54, 1.807) is 12.2 Å². The molecule has 46 heavy (non-hydrogen) atoms. The lowest BCUT2D eigenvalue weighted by Crippen LogP contribution is -2.02. The fourth-order valence-electron chi connectivity index (χ4n) is 6.06. The van der Waals surface area contributed by atoms with Crippen LogP contribution in [0.3, 0.4) is 0 Å². The third kappa shape index (κ3) is 5.42. The summed E-state index contributed by atoms with van der Waals surface area (Å²) in [7, 11) is 0. The third-order valence-corrected chi connectivity index (χ3v) is 8.25. The van der Waals surface area contributed by atoms with Crippen LogP contribution < -0.4 is 0 Å². The van der Waals surface area contributed by atoms with E-state index in [0.717, 1.165) is 50.3 Å². The Bertz CT molecular complexity index is 2320. The lowest BCUT2D eigenvalue weighted by molar-refractivity contribution is 1.04. The van der Waals surface area contributed by atoms with Gasteiger partial charge in [-0.2, -0.15) is 0 Å². The fraction of sp³-hybridized carbons (Fsp3) is 0.0476. The third-order valence-electron chi connectivity index (χ3n) is 8.25. The van der Waals surface area contributed by atoms with Crippen LogP contribution in [-0.4, -0.2) is 19.9 Å². The van der Waals surface area contributed by atoms with Gasteiger partial charge in [0.15, 0.2) is 17.5 Å². The second-order valence-electron chi connectivity index (χ2n) is 11.3. The zero-order valence-corrected chi connectivity index (χ0v) is 25.9. The van der Waals surface area contributed by atoms with Crippen LogP contribution in [-0.2, 0) is 0 Å². The highest BCUT2D eigenvalue weighted by Gasteiger charge is 2.17. The molecule has 0 N–H and O–H groups in total. The Morgan fingerprint density at radius 2 is 1.17 bits per heavy atom. The number of allylic oxidation sites excluding steroid dienone is 4. The monoisotopic (exact) mass is 592 g/mol. The molecule has 2 heterocycles. The average Bonchev–Trinajstić information content (AvgIpc) is 3.10. The predicted octanol–water partition coefficient (Wildman–Crippen LogP) is 10.6. The van der Waals surface area contributed by atoms with E-state index in [4.69, 9.17) is 19.9 Å². The maximum Gasteiger partial charge on any atom is 0.164 e. The zero-order chi connectivity index (χ0) is 31.6. The Morgan fingerprint density at radius 3 is 1.89 bits per heavy atom. The molecule has 0 spiro atoms. The topological polar surface area (TPSA) is 51.6 Å². The van der Waals surface area contributed by atoms with E-state index in [9.17, 15) is 0 Å². The molecule has 0 saturated heterocycles.